The van der Waals surface area contributed by atoms with Gasteiger partial charge in [0.1, 0.15) is 28.9 Å². The van der Waals surface area contributed by atoms with Crippen LogP contribution >= 0.6 is 23.2 Å². The van der Waals surface area contributed by atoms with Gasteiger partial charge in [0.05, 0.1) is 39.9 Å². The van der Waals surface area contributed by atoms with Crippen molar-refractivity contribution in [2.75, 3.05) is 19.0 Å². The molecule has 7 N–H and O–H groups in total. The number of aliphatic hydroxyl groups excluding tert-OH is 3. The fourth-order valence-electron chi connectivity index (χ4n) is 7.04. The number of benzene rings is 2. The number of primary amides is 1. The minimum absolute atomic E-state index is 0.0959. The molecule has 1 fully saturated rings. The second-order valence-corrected chi connectivity index (χ2v) is 12.1. The molecular formula is C29H26Cl2N3O10-. The highest BCUT2D eigenvalue weighted by Crippen LogP contribution is 2.59. The molecule has 5 rings (SSSR count). The van der Waals surface area contributed by atoms with Gasteiger partial charge in [-0.1, -0.05) is 35.3 Å². The zero-order valence-electron chi connectivity index (χ0n) is 23.3. The van der Waals surface area contributed by atoms with Crippen LogP contribution in [0.25, 0.3) is 5.76 Å². The van der Waals surface area contributed by atoms with Crippen LogP contribution in [-0.4, -0.2) is 85.8 Å². The maximum Gasteiger partial charge on any atom is 0.255 e. The van der Waals surface area contributed by atoms with E-state index < -0.39 is 98.4 Å². The molecule has 2 amide bonds. The molecule has 1 saturated carbocycles. The van der Waals surface area contributed by atoms with Crippen LogP contribution < -0.4 is 15.7 Å². The first-order valence-electron chi connectivity index (χ1n) is 13.1. The van der Waals surface area contributed by atoms with Crippen molar-refractivity contribution in [2.24, 2.45) is 17.6 Å². The second-order valence-electron chi connectivity index (χ2n) is 11.3. The van der Waals surface area contributed by atoms with Gasteiger partial charge in [-0.3, -0.25) is 19.3 Å². The van der Waals surface area contributed by atoms with Crippen LogP contribution in [-0.2, 0) is 20.0 Å². The number of halogens is 2. The normalized spacial score (nSPS) is 29.7. The van der Waals surface area contributed by atoms with E-state index in [9.17, 15) is 45.0 Å². The van der Waals surface area contributed by atoms with Crippen LogP contribution in [0, 0.1) is 11.8 Å². The number of hydrogen-bond acceptors (Lipinski definition) is 11. The lowest BCUT2D eigenvalue weighted by Crippen LogP contribution is -2.78. The topological polar surface area (TPSA) is 225 Å². The molecular weight excluding hydrogens is 621 g/mol. The van der Waals surface area contributed by atoms with E-state index in [1.807, 2.05) is 0 Å². The maximum atomic E-state index is 15.0. The molecule has 3 aliphatic carbocycles. The summed E-state index contributed by atoms with van der Waals surface area (Å²) in [7, 11) is 2.66. The lowest BCUT2D eigenvalue weighted by Gasteiger charge is -2.60. The molecule has 0 bridgehead atoms. The maximum absolute atomic E-state index is 15.0. The number of aliphatic hydroxyl groups is 4. The van der Waals surface area contributed by atoms with Gasteiger partial charge in [-0.2, -0.15) is 0 Å². The summed E-state index contributed by atoms with van der Waals surface area (Å²) in [5, 5.41) is 70.7. The van der Waals surface area contributed by atoms with Crippen molar-refractivity contribution in [1.29, 1.82) is 0 Å². The summed E-state index contributed by atoms with van der Waals surface area (Å²) in [6, 6.07) is 5.54. The molecule has 0 spiro atoms. The number of carbonyl (C=O) groups excluding carboxylic acids is 4. The number of aromatic hydroxyl groups is 1. The van der Waals surface area contributed by atoms with Crippen molar-refractivity contribution in [3.8, 4) is 5.75 Å². The number of hydrogen-bond donors (Lipinski definition) is 6. The molecule has 6 atom stereocenters. The second kappa shape index (κ2) is 10.2. The van der Waals surface area contributed by atoms with Gasteiger partial charge in [-0.05, 0) is 50.8 Å². The summed E-state index contributed by atoms with van der Waals surface area (Å²) >= 11 is 12.5. The number of likely N-dealkylation sites (N-methyl/N-ethyl adjacent to an activating group) is 1. The van der Waals surface area contributed by atoms with E-state index in [2.05, 4.69) is 0 Å². The van der Waals surface area contributed by atoms with Crippen LogP contribution in [0.3, 0.4) is 0 Å². The van der Waals surface area contributed by atoms with E-state index in [4.69, 9.17) is 28.9 Å². The van der Waals surface area contributed by atoms with Gasteiger partial charge in [0.2, 0.25) is 0 Å². The van der Waals surface area contributed by atoms with Crippen molar-refractivity contribution in [1.82, 2.24) is 4.90 Å². The predicted molar refractivity (Wildman–Crippen MR) is 154 cm³/mol. The molecule has 232 valence electrons. The fraction of sp³-hybridized carbons (Fsp3) is 0.310. The average Bonchev–Trinajstić information content (AvgIpc) is 2.91. The minimum atomic E-state index is -3.17. The molecule has 3 aliphatic rings. The molecule has 44 heavy (non-hydrogen) atoms. The zero-order chi connectivity index (χ0) is 32.8. The van der Waals surface area contributed by atoms with Crippen molar-refractivity contribution < 1.29 is 49.8 Å². The van der Waals surface area contributed by atoms with E-state index >= 15 is 4.79 Å². The fourth-order valence-corrected chi connectivity index (χ4v) is 7.41. The molecule has 0 heterocycles. The van der Waals surface area contributed by atoms with Gasteiger partial charge >= 0.3 is 0 Å². The van der Waals surface area contributed by atoms with Crippen LogP contribution in [0.1, 0.15) is 18.1 Å². The Morgan fingerprint density at radius 2 is 1.70 bits per heavy atom. The number of carboxylic acid groups (broad SMARTS) is 1. The van der Waals surface area contributed by atoms with Gasteiger partial charge in [0, 0.05) is 16.5 Å². The van der Waals surface area contributed by atoms with Gasteiger partial charge in [0.15, 0.2) is 17.1 Å². The Morgan fingerprint density at radius 3 is 2.27 bits per heavy atom. The lowest BCUT2D eigenvalue weighted by atomic mass is 9.51. The number of nitrogens with two attached hydrogens (primary N) is 1. The van der Waals surface area contributed by atoms with E-state index in [0.717, 1.165) is 18.2 Å². The molecule has 15 heteroatoms. The van der Waals surface area contributed by atoms with E-state index in [0.29, 0.717) is 0 Å². The Kier molecular flexibility index (Phi) is 7.26. The highest BCUT2D eigenvalue weighted by atomic mass is 35.5. The van der Waals surface area contributed by atoms with Crippen molar-refractivity contribution in [3.63, 3.8) is 0 Å². The number of phenols is 1. The van der Waals surface area contributed by atoms with Gasteiger partial charge in [0.25, 0.3) is 5.91 Å². The lowest BCUT2D eigenvalue weighted by molar-refractivity contribution is -0.249. The highest BCUT2D eigenvalue weighted by Gasteiger charge is 2.73. The Morgan fingerprint density at radius 1 is 1.07 bits per heavy atom. The van der Waals surface area contributed by atoms with Crippen molar-refractivity contribution in [3.05, 3.63) is 74.5 Å². The van der Waals surface area contributed by atoms with E-state index in [1.54, 1.807) is 0 Å². The van der Waals surface area contributed by atoms with Crippen LogP contribution in [0.4, 0.5) is 10.5 Å². The number of ketones is 2. The monoisotopic (exact) mass is 646 g/mol. The number of Topliss-reactive ketones (excluding diaryl/α,β-unsaturated/α-hetero) is 2. The first-order chi connectivity index (χ1) is 20.4. The SMILES string of the molecule is CN(C)C1C(=O)C(C(N)=O)=C(O)C2(N(C(=O)[O-])c3cc(Cl)ccc3Cl)C(=O)C3=C(O)c4c(O)cccc4C(C)(O)C3C(O)C12. The summed E-state index contributed by atoms with van der Waals surface area (Å²) in [5.41, 5.74) is -2.96. The minimum Gasteiger partial charge on any atom is -0.530 e. The molecule has 0 aliphatic heterocycles. The first-order valence-corrected chi connectivity index (χ1v) is 13.8. The zero-order valence-corrected chi connectivity index (χ0v) is 24.8. The number of rotatable bonds is 4. The average molecular weight is 647 g/mol. The molecule has 6 unspecified atom stereocenters. The quantitative estimate of drug-likeness (QED) is 0.254. The standard InChI is InChI=1S/C29H27Cl2N3O10/c1-28(44)11-5-4-6-14(35)15(11)21(36)16-18(28)23(38)19-20(33(2)3)22(37)17(26(32)41)25(40)29(19,24(16)39)34(27(42)43)13-9-10(30)7-8-12(13)31/h4-9,18-20,23,35-36,38,40,44H,1-3H3,(H2,32,41)(H,42,43)/p-1. The molecule has 13 nitrogen and oxygen atoms in total. The van der Waals surface area contributed by atoms with E-state index in [-0.39, 0.29) is 20.5 Å². The molecule has 2 aromatic rings. The van der Waals surface area contributed by atoms with Crippen molar-refractivity contribution >= 4 is 58.2 Å². The molecule has 0 aromatic heterocycles. The van der Waals surface area contributed by atoms with E-state index in [1.165, 1.54) is 44.1 Å². The number of carbonyl (C=O) groups is 4. The summed E-state index contributed by atoms with van der Waals surface area (Å²) < 4.78 is 0. The summed E-state index contributed by atoms with van der Waals surface area (Å²) in [6.07, 6.45) is -4.32. The number of phenolic OH excluding ortho intramolecular Hbond substituents is 1. The summed E-state index contributed by atoms with van der Waals surface area (Å²) in [4.78, 5) is 56.0. The van der Waals surface area contributed by atoms with Crippen molar-refractivity contribution in [2.45, 2.75) is 30.2 Å². The summed E-state index contributed by atoms with van der Waals surface area (Å²) in [5.74, 6) is -10.9. The van der Waals surface area contributed by atoms with Gasteiger partial charge < -0.3 is 46.1 Å². The van der Waals surface area contributed by atoms with Gasteiger partial charge in [-0.25, -0.2) is 0 Å². The third-order valence-electron chi connectivity index (χ3n) is 8.72. The Labute approximate surface area is 259 Å². The van der Waals surface area contributed by atoms with Crippen LogP contribution in [0.2, 0.25) is 10.0 Å². The van der Waals surface area contributed by atoms with Gasteiger partial charge in [-0.15, -0.1) is 0 Å². The number of anilines is 1. The molecule has 2 aromatic carbocycles. The Bertz CT molecular complexity index is 1740. The largest absolute Gasteiger partial charge is 0.530 e. The smallest absolute Gasteiger partial charge is 0.255 e. The number of nitrogens with zero attached hydrogens (tertiary/aromatic N) is 2. The Hall–Kier alpha value is -4.14. The predicted octanol–water partition coefficient (Wildman–Crippen LogP) is 0.764. The molecule has 0 saturated heterocycles. The third kappa shape index (κ3) is 3.90. The Balaban J connectivity index is 2.03. The van der Waals surface area contributed by atoms with Crippen LogP contribution in [0.5, 0.6) is 5.75 Å². The first kappa shape index (κ1) is 31.3. The summed E-state index contributed by atoms with van der Waals surface area (Å²) in [6.45, 7) is 1.19. The molecule has 0 radical (unpaired) electrons. The third-order valence-corrected chi connectivity index (χ3v) is 9.27. The number of fused-ring (bicyclic) bond motifs is 3. The highest BCUT2D eigenvalue weighted by molar-refractivity contribution is 6.36. The number of amides is 2. The van der Waals surface area contributed by atoms with Crippen LogP contribution in [0.15, 0.2) is 53.3 Å².